The number of ether oxygens (including phenoxy) is 1. The lowest BCUT2D eigenvalue weighted by atomic mass is 9.72. The summed E-state index contributed by atoms with van der Waals surface area (Å²) in [7, 11) is 2.29. The van der Waals surface area contributed by atoms with E-state index in [1.54, 1.807) is 0 Å². The van der Waals surface area contributed by atoms with Gasteiger partial charge in [0.25, 0.3) is 0 Å². The lowest BCUT2D eigenvalue weighted by Gasteiger charge is -2.45. The minimum absolute atomic E-state index is 0.470. The number of likely N-dealkylation sites (N-methyl/N-ethyl adjacent to an activating group) is 2. The fourth-order valence-corrected chi connectivity index (χ4v) is 3.76. The van der Waals surface area contributed by atoms with Crippen LogP contribution in [0.2, 0.25) is 0 Å². The van der Waals surface area contributed by atoms with Crippen LogP contribution in [0.3, 0.4) is 0 Å². The Morgan fingerprint density at radius 2 is 2.11 bits per heavy atom. The van der Waals surface area contributed by atoms with Crippen molar-refractivity contribution in [1.82, 2.24) is 10.2 Å². The highest BCUT2D eigenvalue weighted by Gasteiger charge is 2.37. The van der Waals surface area contributed by atoms with Crippen LogP contribution in [0.1, 0.15) is 52.9 Å². The minimum atomic E-state index is 0.470. The lowest BCUT2D eigenvalue weighted by Crippen LogP contribution is -2.54. The molecule has 0 bridgehead atoms. The van der Waals surface area contributed by atoms with Gasteiger partial charge in [-0.3, -0.25) is 4.90 Å². The molecule has 2 fully saturated rings. The van der Waals surface area contributed by atoms with Crippen molar-refractivity contribution in [1.29, 1.82) is 0 Å². The number of nitrogens with zero attached hydrogens (tertiary/aromatic N) is 1. The summed E-state index contributed by atoms with van der Waals surface area (Å²) in [5.41, 5.74) is 0.487. The van der Waals surface area contributed by atoms with Gasteiger partial charge < -0.3 is 10.1 Å². The van der Waals surface area contributed by atoms with E-state index in [0.29, 0.717) is 23.6 Å². The van der Waals surface area contributed by atoms with Gasteiger partial charge in [0.2, 0.25) is 0 Å². The third kappa shape index (κ3) is 4.17. The second-order valence-corrected chi connectivity index (χ2v) is 7.21. The van der Waals surface area contributed by atoms with Crippen LogP contribution in [0.4, 0.5) is 0 Å². The zero-order valence-corrected chi connectivity index (χ0v) is 13.2. The largest absolute Gasteiger partial charge is 0.377 e. The summed E-state index contributed by atoms with van der Waals surface area (Å²) < 4.78 is 5.80. The standard InChI is InChI=1S/C16H32N2O/c1-5-17-14-8-9-16(2,3)11-15(14)18(4)12-13-7-6-10-19-13/h13-15,17H,5-12H2,1-4H3. The summed E-state index contributed by atoms with van der Waals surface area (Å²) in [5.74, 6) is 0. The molecule has 3 nitrogen and oxygen atoms in total. The maximum Gasteiger partial charge on any atom is 0.0702 e. The molecule has 1 aliphatic heterocycles. The number of hydrogen-bond donors (Lipinski definition) is 1. The highest BCUT2D eigenvalue weighted by Crippen LogP contribution is 2.37. The van der Waals surface area contributed by atoms with Crippen LogP contribution in [0, 0.1) is 5.41 Å². The molecule has 1 saturated carbocycles. The second-order valence-electron chi connectivity index (χ2n) is 7.21. The van der Waals surface area contributed by atoms with E-state index in [1.165, 1.54) is 32.1 Å². The number of rotatable bonds is 5. The molecule has 0 radical (unpaired) electrons. The molecule has 0 amide bonds. The first-order chi connectivity index (χ1) is 9.02. The van der Waals surface area contributed by atoms with Gasteiger partial charge in [-0.2, -0.15) is 0 Å². The Kier molecular flexibility index (Phi) is 5.27. The lowest BCUT2D eigenvalue weighted by molar-refractivity contribution is 0.0318. The smallest absolute Gasteiger partial charge is 0.0702 e. The molecular weight excluding hydrogens is 236 g/mol. The van der Waals surface area contributed by atoms with E-state index in [1.807, 2.05) is 0 Å². The molecule has 1 saturated heterocycles. The van der Waals surface area contributed by atoms with Crippen molar-refractivity contribution < 1.29 is 4.74 Å². The summed E-state index contributed by atoms with van der Waals surface area (Å²) in [6.45, 7) is 10.2. The predicted octanol–water partition coefficient (Wildman–Crippen LogP) is 2.65. The van der Waals surface area contributed by atoms with Crippen LogP contribution in [0.15, 0.2) is 0 Å². The highest BCUT2D eigenvalue weighted by atomic mass is 16.5. The van der Waals surface area contributed by atoms with Gasteiger partial charge in [0.1, 0.15) is 0 Å². The molecule has 2 aliphatic rings. The van der Waals surface area contributed by atoms with E-state index in [4.69, 9.17) is 4.74 Å². The Balaban J connectivity index is 1.94. The SMILES string of the molecule is CCNC1CCC(C)(C)CC1N(C)CC1CCCO1. The molecule has 3 heteroatoms. The molecule has 3 unspecified atom stereocenters. The van der Waals surface area contributed by atoms with Crippen LogP contribution >= 0.6 is 0 Å². The second kappa shape index (κ2) is 6.55. The topological polar surface area (TPSA) is 24.5 Å². The van der Waals surface area contributed by atoms with E-state index in [2.05, 4.69) is 38.0 Å². The molecule has 0 aromatic rings. The number of hydrogen-bond acceptors (Lipinski definition) is 3. The van der Waals surface area contributed by atoms with E-state index in [-0.39, 0.29) is 0 Å². The summed E-state index contributed by atoms with van der Waals surface area (Å²) in [4.78, 5) is 2.56. The van der Waals surface area contributed by atoms with Gasteiger partial charge in [-0.05, 0) is 51.1 Å². The monoisotopic (exact) mass is 268 g/mol. The predicted molar refractivity (Wildman–Crippen MR) is 80.5 cm³/mol. The maximum absolute atomic E-state index is 5.80. The van der Waals surface area contributed by atoms with E-state index in [9.17, 15) is 0 Å². The summed E-state index contributed by atoms with van der Waals surface area (Å²) in [6.07, 6.45) is 6.90. The molecule has 112 valence electrons. The van der Waals surface area contributed by atoms with Gasteiger partial charge in [-0.15, -0.1) is 0 Å². The van der Waals surface area contributed by atoms with Crippen LogP contribution in [0.5, 0.6) is 0 Å². The first-order valence-electron chi connectivity index (χ1n) is 8.07. The molecule has 0 aromatic heterocycles. The fraction of sp³-hybridized carbons (Fsp3) is 1.00. The van der Waals surface area contributed by atoms with E-state index in [0.717, 1.165) is 19.7 Å². The Labute approximate surface area is 119 Å². The van der Waals surface area contributed by atoms with Crippen LogP contribution in [-0.2, 0) is 4.74 Å². The van der Waals surface area contributed by atoms with Crippen molar-refractivity contribution in [3.8, 4) is 0 Å². The molecule has 2 rings (SSSR count). The first-order valence-corrected chi connectivity index (χ1v) is 8.07. The molecule has 0 aromatic carbocycles. The minimum Gasteiger partial charge on any atom is -0.377 e. The van der Waals surface area contributed by atoms with Crippen molar-refractivity contribution >= 4 is 0 Å². The first kappa shape index (κ1) is 15.3. The zero-order valence-electron chi connectivity index (χ0n) is 13.2. The summed E-state index contributed by atoms with van der Waals surface area (Å²) in [5, 5.41) is 3.70. The molecule has 3 atom stereocenters. The van der Waals surface area contributed by atoms with Gasteiger partial charge >= 0.3 is 0 Å². The van der Waals surface area contributed by atoms with Crippen molar-refractivity contribution in [3.63, 3.8) is 0 Å². The molecule has 19 heavy (non-hydrogen) atoms. The van der Waals surface area contributed by atoms with Crippen molar-refractivity contribution in [3.05, 3.63) is 0 Å². The maximum atomic E-state index is 5.80. The summed E-state index contributed by atoms with van der Waals surface area (Å²) in [6, 6.07) is 1.32. The Morgan fingerprint density at radius 3 is 2.74 bits per heavy atom. The van der Waals surface area contributed by atoms with Crippen molar-refractivity contribution in [2.75, 3.05) is 26.7 Å². The average molecular weight is 268 g/mol. The normalized spacial score (nSPS) is 34.9. The van der Waals surface area contributed by atoms with Crippen LogP contribution in [-0.4, -0.2) is 49.8 Å². The Hall–Kier alpha value is -0.120. The average Bonchev–Trinajstić information content (AvgIpc) is 2.84. The third-order valence-corrected chi connectivity index (χ3v) is 4.91. The quantitative estimate of drug-likeness (QED) is 0.829. The van der Waals surface area contributed by atoms with Crippen LogP contribution in [0.25, 0.3) is 0 Å². The highest BCUT2D eigenvalue weighted by molar-refractivity contribution is 4.94. The molecule has 1 N–H and O–H groups in total. The third-order valence-electron chi connectivity index (χ3n) is 4.91. The number of nitrogens with one attached hydrogen (secondary N) is 1. The van der Waals surface area contributed by atoms with Gasteiger partial charge in [-0.1, -0.05) is 20.8 Å². The van der Waals surface area contributed by atoms with Gasteiger partial charge in [0.05, 0.1) is 6.10 Å². The Morgan fingerprint density at radius 1 is 1.32 bits per heavy atom. The van der Waals surface area contributed by atoms with Gasteiger partial charge in [0.15, 0.2) is 0 Å². The van der Waals surface area contributed by atoms with Crippen LogP contribution < -0.4 is 5.32 Å². The van der Waals surface area contributed by atoms with Crippen molar-refractivity contribution in [2.45, 2.75) is 71.1 Å². The zero-order chi connectivity index (χ0) is 13.9. The summed E-state index contributed by atoms with van der Waals surface area (Å²) >= 11 is 0. The molecule has 0 spiro atoms. The van der Waals surface area contributed by atoms with E-state index < -0.39 is 0 Å². The fourth-order valence-electron chi connectivity index (χ4n) is 3.76. The molecule has 1 heterocycles. The van der Waals surface area contributed by atoms with Gasteiger partial charge in [-0.25, -0.2) is 0 Å². The van der Waals surface area contributed by atoms with Gasteiger partial charge in [0, 0.05) is 25.2 Å². The molecule has 1 aliphatic carbocycles. The molecular formula is C16H32N2O. The van der Waals surface area contributed by atoms with Crippen molar-refractivity contribution in [2.24, 2.45) is 5.41 Å². The Bertz CT molecular complexity index is 274. The van der Waals surface area contributed by atoms with E-state index >= 15 is 0 Å².